The summed E-state index contributed by atoms with van der Waals surface area (Å²) in [7, 11) is 1.85. The van der Waals surface area contributed by atoms with E-state index in [1.165, 1.54) is 0 Å². The van der Waals surface area contributed by atoms with Crippen LogP contribution in [-0.2, 0) is 9.53 Å². The first-order valence-corrected chi connectivity index (χ1v) is 9.18. The number of morpholine rings is 1. The van der Waals surface area contributed by atoms with Crippen molar-refractivity contribution in [3.05, 3.63) is 23.9 Å². The average Bonchev–Trinajstić information content (AvgIpc) is 2.68. The first-order chi connectivity index (χ1) is 12.2. The first kappa shape index (κ1) is 18.1. The molecule has 0 saturated carbocycles. The van der Waals surface area contributed by atoms with Crippen molar-refractivity contribution in [1.29, 1.82) is 0 Å². The van der Waals surface area contributed by atoms with Gasteiger partial charge in [-0.25, -0.2) is 4.98 Å². The Balaban J connectivity index is 1.54. The van der Waals surface area contributed by atoms with Crippen LogP contribution in [0.3, 0.4) is 0 Å². The van der Waals surface area contributed by atoms with Crippen LogP contribution in [0.5, 0.6) is 0 Å². The van der Waals surface area contributed by atoms with E-state index in [-0.39, 0.29) is 12.0 Å². The molecule has 0 aliphatic carbocycles. The minimum atomic E-state index is -0.150. The largest absolute Gasteiger partial charge is 0.373 e. The molecule has 25 heavy (non-hydrogen) atoms. The maximum atomic E-state index is 12.7. The number of hydrogen-bond donors (Lipinski definition) is 1. The van der Waals surface area contributed by atoms with Gasteiger partial charge in [0.25, 0.3) is 0 Å². The number of piperazine rings is 1. The number of hydrogen-bond acceptors (Lipinski definition) is 6. The van der Waals surface area contributed by atoms with Crippen LogP contribution in [0.4, 0.5) is 5.82 Å². The lowest BCUT2D eigenvalue weighted by Crippen LogP contribution is -2.51. The number of aromatic nitrogens is 1. The molecule has 0 unspecified atom stereocenters. The van der Waals surface area contributed by atoms with E-state index in [4.69, 9.17) is 4.74 Å². The molecule has 7 nitrogen and oxygen atoms in total. The molecule has 0 spiro atoms. The molecule has 1 N–H and O–H groups in total. The van der Waals surface area contributed by atoms with Gasteiger partial charge < -0.3 is 19.9 Å². The average molecular weight is 347 g/mol. The molecule has 1 aromatic heterocycles. The van der Waals surface area contributed by atoms with E-state index in [1.807, 2.05) is 30.1 Å². The van der Waals surface area contributed by atoms with E-state index in [2.05, 4.69) is 27.0 Å². The molecule has 0 aromatic carbocycles. The minimum absolute atomic E-state index is 0.150. The van der Waals surface area contributed by atoms with Crippen LogP contribution < -0.4 is 5.32 Å². The maximum absolute atomic E-state index is 12.7. The highest BCUT2D eigenvalue weighted by Gasteiger charge is 2.28. The summed E-state index contributed by atoms with van der Waals surface area (Å²) < 4.78 is 5.86. The van der Waals surface area contributed by atoms with Gasteiger partial charge in [0.1, 0.15) is 11.9 Å². The lowest BCUT2D eigenvalue weighted by molar-refractivity contribution is -0.140. The number of rotatable bonds is 5. The molecule has 0 bridgehead atoms. The highest BCUT2D eigenvalue weighted by Crippen LogP contribution is 2.22. The van der Waals surface area contributed by atoms with E-state index in [9.17, 15) is 4.79 Å². The number of amides is 1. The molecule has 2 aliphatic heterocycles. The van der Waals surface area contributed by atoms with Gasteiger partial charge in [0.15, 0.2) is 0 Å². The SMILES string of the molecule is CCN1CCN(CC(=O)N2CCO[C@@H](c3cccc(NC)n3)C2)CC1. The molecule has 2 aliphatic rings. The number of likely N-dealkylation sites (N-methyl/N-ethyl adjacent to an activating group) is 1. The maximum Gasteiger partial charge on any atom is 0.236 e. The Hall–Kier alpha value is -1.70. The normalized spacial score (nSPS) is 22.8. The fourth-order valence-corrected chi connectivity index (χ4v) is 3.38. The Bertz CT molecular complexity index is 574. The van der Waals surface area contributed by atoms with Crippen molar-refractivity contribution in [2.24, 2.45) is 0 Å². The first-order valence-electron chi connectivity index (χ1n) is 9.18. The predicted molar refractivity (Wildman–Crippen MR) is 97.6 cm³/mol. The molecule has 2 fully saturated rings. The second-order valence-corrected chi connectivity index (χ2v) is 6.61. The molecule has 3 rings (SSSR count). The summed E-state index contributed by atoms with van der Waals surface area (Å²) in [4.78, 5) is 23.9. The highest BCUT2D eigenvalue weighted by molar-refractivity contribution is 5.78. The van der Waals surface area contributed by atoms with Gasteiger partial charge >= 0.3 is 0 Å². The molecule has 7 heteroatoms. The third-order valence-electron chi connectivity index (χ3n) is 5.05. The Labute approximate surface area is 149 Å². The lowest BCUT2D eigenvalue weighted by Gasteiger charge is -2.37. The van der Waals surface area contributed by atoms with Crippen LogP contribution in [0, 0.1) is 0 Å². The molecular weight excluding hydrogens is 318 g/mol. The van der Waals surface area contributed by atoms with Crippen molar-refractivity contribution in [2.45, 2.75) is 13.0 Å². The van der Waals surface area contributed by atoms with Crippen molar-refractivity contribution in [3.8, 4) is 0 Å². The summed E-state index contributed by atoms with van der Waals surface area (Å²) in [5.74, 6) is 1.02. The van der Waals surface area contributed by atoms with Gasteiger partial charge in [-0.1, -0.05) is 13.0 Å². The number of ether oxygens (including phenoxy) is 1. The zero-order chi connectivity index (χ0) is 17.6. The van der Waals surface area contributed by atoms with Crippen LogP contribution in [-0.4, -0.2) is 91.6 Å². The van der Waals surface area contributed by atoms with E-state index in [0.717, 1.165) is 44.2 Å². The van der Waals surface area contributed by atoms with Crippen molar-refractivity contribution < 1.29 is 9.53 Å². The number of nitrogens with one attached hydrogen (secondary N) is 1. The standard InChI is InChI=1S/C18H29N5O2/c1-3-21-7-9-22(10-8-21)14-18(24)23-11-12-25-16(13-23)15-5-4-6-17(19-2)20-15/h4-6,16H,3,7-14H2,1-2H3,(H,19,20)/t16-/m1/s1. The summed E-state index contributed by atoms with van der Waals surface area (Å²) >= 11 is 0. The number of nitrogens with zero attached hydrogens (tertiary/aromatic N) is 4. The van der Waals surface area contributed by atoms with E-state index >= 15 is 0 Å². The van der Waals surface area contributed by atoms with Gasteiger partial charge in [-0.2, -0.15) is 0 Å². The van der Waals surface area contributed by atoms with E-state index in [1.54, 1.807) is 0 Å². The third-order valence-corrected chi connectivity index (χ3v) is 5.05. The van der Waals surface area contributed by atoms with E-state index < -0.39 is 0 Å². The zero-order valence-corrected chi connectivity index (χ0v) is 15.3. The summed E-state index contributed by atoms with van der Waals surface area (Å²) in [6, 6.07) is 5.85. The van der Waals surface area contributed by atoms with Gasteiger partial charge in [0.05, 0.1) is 25.4 Å². The Morgan fingerprint density at radius 2 is 2.00 bits per heavy atom. The molecular formula is C18H29N5O2. The molecule has 1 atom stereocenters. The van der Waals surface area contributed by atoms with Gasteiger partial charge in [0, 0.05) is 39.8 Å². The molecule has 1 aromatic rings. The number of carbonyl (C=O) groups is 1. The van der Waals surface area contributed by atoms with Crippen LogP contribution in [0.15, 0.2) is 18.2 Å². The summed E-state index contributed by atoms with van der Waals surface area (Å²) in [6.07, 6.45) is -0.150. The Kier molecular flexibility index (Phi) is 6.23. The number of pyridine rings is 1. The Morgan fingerprint density at radius 3 is 2.72 bits per heavy atom. The summed E-state index contributed by atoms with van der Waals surface area (Å²) in [5, 5.41) is 3.05. The van der Waals surface area contributed by atoms with Gasteiger partial charge in [-0.05, 0) is 18.7 Å². The second-order valence-electron chi connectivity index (χ2n) is 6.61. The Morgan fingerprint density at radius 1 is 1.24 bits per heavy atom. The summed E-state index contributed by atoms with van der Waals surface area (Å²) in [6.45, 7) is 9.63. The third kappa shape index (κ3) is 4.68. The van der Waals surface area contributed by atoms with Crippen molar-refractivity contribution in [3.63, 3.8) is 0 Å². The van der Waals surface area contributed by atoms with Crippen molar-refractivity contribution in [2.75, 3.05) is 71.3 Å². The fraction of sp³-hybridized carbons (Fsp3) is 0.667. The van der Waals surface area contributed by atoms with Gasteiger partial charge in [-0.15, -0.1) is 0 Å². The van der Waals surface area contributed by atoms with Crippen LogP contribution in [0.1, 0.15) is 18.7 Å². The van der Waals surface area contributed by atoms with E-state index in [0.29, 0.717) is 26.2 Å². The molecule has 0 radical (unpaired) electrons. The monoisotopic (exact) mass is 347 g/mol. The fourth-order valence-electron chi connectivity index (χ4n) is 3.38. The zero-order valence-electron chi connectivity index (χ0n) is 15.3. The minimum Gasteiger partial charge on any atom is -0.373 e. The van der Waals surface area contributed by atoms with Crippen molar-refractivity contribution >= 4 is 11.7 Å². The predicted octanol–water partition coefficient (Wildman–Crippen LogP) is 0.661. The lowest BCUT2D eigenvalue weighted by atomic mass is 10.2. The van der Waals surface area contributed by atoms with Gasteiger partial charge in [0.2, 0.25) is 5.91 Å². The number of anilines is 1. The number of carbonyl (C=O) groups excluding carboxylic acids is 1. The molecule has 2 saturated heterocycles. The quantitative estimate of drug-likeness (QED) is 0.844. The van der Waals surface area contributed by atoms with Crippen molar-refractivity contribution in [1.82, 2.24) is 19.7 Å². The molecule has 3 heterocycles. The topological polar surface area (TPSA) is 60.9 Å². The molecule has 138 valence electrons. The molecule has 1 amide bonds. The highest BCUT2D eigenvalue weighted by atomic mass is 16.5. The second kappa shape index (κ2) is 8.60. The van der Waals surface area contributed by atoms with Crippen LogP contribution >= 0.6 is 0 Å². The smallest absolute Gasteiger partial charge is 0.236 e. The van der Waals surface area contributed by atoms with Crippen LogP contribution in [0.25, 0.3) is 0 Å². The van der Waals surface area contributed by atoms with Crippen LogP contribution in [0.2, 0.25) is 0 Å². The van der Waals surface area contributed by atoms with Gasteiger partial charge in [-0.3, -0.25) is 9.69 Å². The summed E-state index contributed by atoms with van der Waals surface area (Å²) in [5.41, 5.74) is 0.876.